The van der Waals surface area contributed by atoms with Gasteiger partial charge in [-0.2, -0.15) is 0 Å². The SMILES string of the molecule is OC(c1ccoc1)c1cc2cccc(Cl)c2o1. The second-order valence-corrected chi connectivity index (χ2v) is 4.17. The first-order valence-electron chi connectivity index (χ1n) is 5.14. The number of aliphatic hydroxyl groups excluding tert-OH is 1. The molecule has 0 saturated heterocycles. The number of hydrogen-bond acceptors (Lipinski definition) is 3. The molecule has 0 spiro atoms. The van der Waals surface area contributed by atoms with Crippen molar-refractivity contribution in [2.24, 2.45) is 0 Å². The molecule has 0 amide bonds. The second-order valence-electron chi connectivity index (χ2n) is 3.77. The van der Waals surface area contributed by atoms with Crippen molar-refractivity contribution in [3.05, 3.63) is 59.2 Å². The first-order chi connectivity index (χ1) is 8.25. The van der Waals surface area contributed by atoms with E-state index in [0.717, 1.165) is 5.39 Å². The summed E-state index contributed by atoms with van der Waals surface area (Å²) in [6.07, 6.45) is 2.16. The average Bonchev–Trinajstić information content (AvgIpc) is 2.98. The molecule has 3 aromatic rings. The highest BCUT2D eigenvalue weighted by molar-refractivity contribution is 6.34. The van der Waals surface area contributed by atoms with E-state index < -0.39 is 6.10 Å². The lowest BCUT2D eigenvalue weighted by Gasteiger charge is -2.02. The largest absolute Gasteiger partial charge is 0.472 e. The maximum Gasteiger partial charge on any atom is 0.153 e. The molecule has 1 N–H and O–H groups in total. The fourth-order valence-electron chi connectivity index (χ4n) is 1.78. The van der Waals surface area contributed by atoms with Gasteiger partial charge in [0.05, 0.1) is 17.5 Å². The Balaban J connectivity index is 2.10. The summed E-state index contributed by atoms with van der Waals surface area (Å²) in [5, 5.41) is 11.5. The minimum absolute atomic E-state index is 0.453. The zero-order valence-corrected chi connectivity index (χ0v) is 9.52. The molecular weight excluding hydrogens is 240 g/mol. The molecule has 1 aromatic carbocycles. The van der Waals surface area contributed by atoms with Gasteiger partial charge in [-0.1, -0.05) is 23.7 Å². The van der Waals surface area contributed by atoms with Gasteiger partial charge in [-0.15, -0.1) is 0 Å². The number of fused-ring (bicyclic) bond motifs is 1. The normalized spacial score (nSPS) is 13.1. The molecule has 1 atom stereocenters. The van der Waals surface area contributed by atoms with E-state index >= 15 is 0 Å². The first-order valence-corrected chi connectivity index (χ1v) is 5.51. The Morgan fingerprint density at radius 1 is 1.24 bits per heavy atom. The predicted molar refractivity (Wildman–Crippen MR) is 64.0 cm³/mol. The third-order valence-corrected chi connectivity index (χ3v) is 2.94. The topological polar surface area (TPSA) is 46.5 Å². The lowest BCUT2D eigenvalue weighted by Crippen LogP contribution is -1.95. The summed E-state index contributed by atoms with van der Waals surface area (Å²) in [7, 11) is 0. The van der Waals surface area contributed by atoms with Crippen LogP contribution in [-0.2, 0) is 0 Å². The maximum atomic E-state index is 10.1. The van der Waals surface area contributed by atoms with E-state index in [0.29, 0.717) is 21.9 Å². The van der Waals surface area contributed by atoms with Crippen LogP contribution in [0, 0.1) is 0 Å². The van der Waals surface area contributed by atoms with E-state index in [1.54, 1.807) is 18.2 Å². The molecule has 0 fully saturated rings. The molecule has 4 heteroatoms. The van der Waals surface area contributed by atoms with Crippen LogP contribution in [0.15, 0.2) is 51.7 Å². The van der Waals surface area contributed by atoms with Gasteiger partial charge in [-0.25, -0.2) is 0 Å². The van der Waals surface area contributed by atoms with Gasteiger partial charge in [0.1, 0.15) is 11.9 Å². The molecule has 0 aliphatic carbocycles. The highest BCUT2D eigenvalue weighted by atomic mass is 35.5. The Labute approximate surface area is 102 Å². The average molecular weight is 249 g/mol. The Morgan fingerprint density at radius 3 is 2.82 bits per heavy atom. The van der Waals surface area contributed by atoms with E-state index in [-0.39, 0.29) is 0 Å². The third-order valence-electron chi connectivity index (χ3n) is 2.64. The number of rotatable bonds is 2. The Hall–Kier alpha value is -1.71. The van der Waals surface area contributed by atoms with Crippen LogP contribution >= 0.6 is 11.6 Å². The molecule has 0 aliphatic heterocycles. The molecular formula is C13H9ClO3. The summed E-state index contributed by atoms with van der Waals surface area (Å²) in [6, 6.07) is 8.95. The summed E-state index contributed by atoms with van der Waals surface area (Å²) in [6.45, 7) is 0. The molecule has 3 rings (SSSR count). The van der Waals surface area contributed by atoms with Crippen molar-refractivity contribution in [2.75, 3.05) is 0 Å². The molecule has 3 nitrogen and oxygen atoms in total. The van der Waals surface area contributed by atoms with Gasteiger partial charge < -0.3 is 13.9 Å². The van der Waals surface area contributed by atoms with Crippen molar-refractivity contribution in [2.45, 2.75) is 6.10 Å². The number of furan rings is 2. The molecule has 0 aliphatic rings. The number of benzene rings is 1. The number of halogens is 1. The quantitative estimate of drug-likeness (QED) is 0.751. The minimum Gasteiger partial charge on any atom is -0.472 e. The van der Waals surface area contributed by atoms with E-state index in [9.17, 15) is 5.11 Å². The zero-order chi connectivity index (χ0) is 11.8. The molecule has 2 aromatic heterocycles. The Morgan fingerprint density at radius 2 is 2.12 bits per heavy atom. The number of para-hydroxylation sites is 1. The molecule has 86 valence electrons. The van der Waals surface area contributed by atoms with Crippen molar-refractivity contribution in [3.8, 4) is 0 Å². The van der Waals surface area contributed by atoms with Crippen LogP contribution < -0.4 is 0 Å². The van der Waals surface area contributed by atoms with Gasteiger partial charge in [-0.3, -0.25) is 0 Å². The monoisotopic (exact) mass is 248 g/mol. The highest BCUT2D eigenvalue weighted by Crippen LogP contribution is 2.31. The predicted octanol–water partition coefficient (Wildman–Crippen LogP) is 3.76. The highest BCUT2D eigenvalue weighted by Gasteiger charge is 2.17. The van der Waals surface area contributed by atoms with E-state index in [1.807, 2.05) is 12.1 Å². The van der Waals surface area contributed by atoms with Crippen molar-refractivity contribution in [1.29, 1.82) is 0 Å². The summed E-state index contributed by atoms with van der Waals surface area (Å²) in [4.78, 5) is 0. The summed E-state index contributed by atoms with van der Waals surface area (Å²) < 4.78 is 10.5. The fraction of sp³-hybridized carbons (Fsp3) is 0.0769. The standard InChI is InChI=1S/C13H9ClO3/c14-10-3-1-2-8-6-11(17-13(8)10)12(15)9-4-5-16-7-9/h1-7,12,15H. The van der Waals surface area contributed by atoms with E-state index in [1.165, 1.54) is 12.5 Å². The lowest BCUT2D eigenvalue weighted by molar-refractivity contribution is 0.191. The molecule has 17 heavy (non-hydrogen) atoms. The Bertz CT molecular complexity index is 640. The van der Waals surface area contributed by atoms with Crippen LogP contribution in [0.1, 0.15) is 17.4 Å². The molecule has 0 radical (unpaired) electrons. The van der Waals surface area contributed by atoms with Gasteiger partial charge in [0.25, 0.3) is 0 Å². The first kappa shape index (κ1) is 10.4. The van der Waals surface area contributed by atoms with Crippen LogP contribution in [0.25, 0.3) is 11.0 Å². The summed E-state index contributed by atoms with van der Waals surface area (Å²) in [5.41, 5.74) is 1.24. The second kappa shape index (κ2) is 3.95. The van der Waals surface area contributed by atoms with Crippen LogP contribution in [-0.4, -0.2) is 5.11 Å². The van der Waals surface area contributed by atoms with Gasteiger partial charge in [0.15, 0.2) is 5.58 Å². The Kier molecular flexibility index (Phi) is 2.42. The zero-order valence-electron chi connectivity index (χ0n) is 8.76. The lowest BCUT2D eigenvalue weighted by atomic mass is 10.1. The maximum absolute atomic E-state index is 10.1. The third kappa shape index (κ3) is 1.73. The van der Waals surface area contributed by atoms with Crippen LogP contribution in [0.5, 0.6) is 0 Å². The summed E-state index contributed by atoms with van der Waals surface area (Å²) in [5.74, 6) is 0.453. The smallest absolute Gasteiger partial charge is 0.153 e. The summed E-state index contributed by atoms with van der Waals surface area (Å²) >= 11 is 6.01. The van der Waals surface area contributed by atoms with Crippen LogP contribution in [0.2, 0.25) is 5.02 Å². The molecule has 0 bridgehead atoms. The van der Waals surface area contributed by atoms with E-state index in [4.69, 9.17) is 20.4 Å². The van der Waals surface area contributed by atoms with Gasteiger partial charge in [0, 0.05) is 10.9 Å². The number of aliphatic hydroxyl groups is 1. The minimum atomic E-state index is -0.836. The van der Waals surface area contributed by atoms with Gasteiger partial charge >= 0.3 is 0 Å². The fourth-order valence-corrected chi connectivity index (χ4v) is 2.00. The van der Waals surface area contributed by atoms with Crippen molar-refractivity contribution in [3.63, 3.8) is 0 Å². The van der Waals surface area contributed by atoms with Crippen molar-refractivity contribution >= 4 is 22.6 Å². The molecule has 0 saturated carbocycles. The molecule has 1 unspecified atom stereocenters. The van der Waals surface area contributed by atoms with Gasteiger partial charge in [0.2, 0.25) is 0 Å². The molecule has 2 heterocycles. The van der Waals surface area contributed by atoms with Gasteiger partial charge in [-0.05, 0) is 18.2 Å². The van der Waals surface area contributed by atoms with Crippen LogP contribution in [0.3, 0.4) is 0 Å². The van der Waals surface area contributed by atoms with E-state index in [2.05, 4.69) is 0 Å². The number of hydrogen-bond donors (Lipinski definition) is 1. The van der Waals surface area contributed by atoms with Crippen molar-refractivity contribution < 1.29 is 13.9 Å². The van der Waals surface area contributed by atoms with Crippen molar-refractivity contribution in [1.82, 2.24) is 0 Å². The van der Waals surface area contributed by atoms with Crippen LogP contribution in [0.4, 0.5) is 0 Å².